The number of sulfonamides is 1. The van der Waals surface area contributed by atoms with Crippen LogP contribution in [0.1, 0.15) is 33.6 Å². The molecule has 122 valence electrons. The number of nitrogens with one attached hydrogen (secondary N) is 1. The molecule has 3 N–H and O–H groups in total. The summed E-state index contributed by atoms with van der Waals surface area (Å²) in [7, 11) is -2.02. The first-order valence-corrected chi connectivity index (χ1v) is 8.51. The van der Waals surface area contributed by atoms with Gasteiger partial charge in [0.05, 0.1) is 0 Å². The van der Waals surface area contributed by atoms with Crippen LogP contribution in [0.4, 0.5) is 5.82 Å². The Hall–Kier alpha value is -1.12. The standard InChI is InChI=1S/C13H26N4O3S/c1-5-7-17-9-11(12(14)16-17)21(18,19)15-10-13(2,3)6-8-20-4/h9,15H,5-8,10H2,1-4H3,(H2,14,16). The summed E-state index contributed by atoms with van der Waals surface area (Å²) in [5.74, 6) is 0.0330. The van der Waals surface area contributed by atoms with Crippen molar-refractivity contribution in [2.75, 3.05) is 26.0 Å². The maximum absolute atomic E-state index is 12.3. The zero-order valence-corrected chi connectivity index (χ0v) is 14.0. The van der Waals surface area contributed by atoms with Crippen molar-refractivity contribution in [3.63, 3.8) is 0 Å². The molecule has 0 saturated heterocycles. The molecule has 0 aliphatic rings. The lowest BCUT2D eigenvalue weighted by Gasteiger charge is -2.24. The summed E-state index contributed by atoms with van der Waals surface area (Å²) in [5.41, 5.74) is 5.51. The average Bonchev–Trinajstić information content (AvgIpc) is 2.77. The van der Waals surface area contributed by atoms with E-state index in [9.17, 15) is 8.42 Å². The molecular formula is C13H26N4O3S. The molecule has 1 heterocycles. The van der Waals surface area contributed by atoms with Crippen molar-refractivity contribution in [3.8, 4) is 0 Å². The van der Waals surface area contributed by atoms with Crippen LogP contribution in [0.25, 0.3) is 0 Å². The Bertz CT molecular complexity index is 552. The van der Waals surface area contributed by atoms with E-state index in [1.54, 1.807) is 11.8 Å². The summed E-state index contributed by atoms with van der Waals surface area (Å²) in [6.07, 6.45) is 3.10. The van der Waals surface area contributed by atoms with E-state index >= 15 is 0 Å². The summed E-state index contributed by atoms with van der Waals surface area (Å²) in [6.45, 7) is 7.50. The van der Waals surface area contributed by atoms with Crippen LogP contribution >= 0.6 is 0 Å². The van der Waals surface area contributed by atoms with Crippen LogP contribution < -0.4 is 10.5 Å². The lowest BCUT2D eigenvalue weighted by atomic mass is 9.90. The van der Waals surface area contributed by atoms with Gasteiger partial charge in [-0.2, -0.15) is 5.10 Å². The molecule has 0 aromatic carbocycles. The zero-order chi connectivity index (χ0) is 16.1. The number of aromatic nitrogens is 2. The SMILES string of the molecule is CCCn1cc(S(=O)(=O)NCC(C)(C)CCOC)c(N)n1. The first-order valence-electron chi connectivity index (χ1n) is 7.03. The van der Waals surface area contributed by atoms with Crippen LogP contribution in [0.2, 0.25) is 0 Å². The van der Waals surface area contributed by atoms with Gasteiger partial charge in [0, 0.05) is 33.0 Å². The Morgan fingerprint density at radius 3 is 2.71 bits per heavy atom. The molecule has 0 amide bonds. The molecule has 0 aliphatic heterocycles. The van der Waals surface area contributed by atoms with E-state index in [2.05, 4.69) is 9.82 Å². The fourth-order valence-corrected chi connectivity index (χ4v) is 3.12. The third-order valence-electron chi connectivity index (χ3n) is 3.22. The van der Waals surface area contributed by atoms with Gasteiger partial charge in [0.15, 0.2) is 5.82 Å². The van der Waals surface area contributed by atoms with Crippen LogP contribution in [0, 0.1) is 5.41 Å². The summed E-state index contributed by atoms with van der Waals surface area (Å²) < 4.78 is 33.8. The van der Waals surface area contributed by atoms with Gasteiger partial charge < -0.3 is 10.5 Å². The minimum Gasteiger partial charge on any atom is -0.385 e. The normalized spacial score (nSPS) is 12.8. The molecule has 0 atom stereocenters. The number of aryl methyl sites for hydroxylation is 1. The first kappa shape index (κ1) is 17.9. The van der Waals surface area contributed by atoms with Crippen molar-refractivity contribution in [3.05, 3.63) is 6.20 Å². The van der Waals surface area contributed by atoms with Gasteiger partial charge in [0.2, 0.25) is 10.0 Å². The highest BCUT2D eigenvalue weighted by atomic mass is 32.2. The largest absolute Gasteiger partial charge is 0.385 e. The highest BCUT2D eigenvalue weighted by Gasteiger charge is 2.25. The fraction of sp³-hybridized carbons (Fsp3) is 0.769. The van der Waals surface area contributed by atoms with Gasteiger partial charge in [-0.15, -0.1) is 0 Å². The van der Waals surface area contributed by atoms with E-state index in [4.69, 9.17) is 10.5 Å². The highest BCUT2D eigenvalue weighted by Crippen LogP contribution is 2.21. The number of nitrogen functional groups attached to an aromatic ring is 1. The Morgan fingerprint density at radius 1 is 1.48 bits per heavy atom. The van der Waals surface area contributed by atoms with E-state index < -0.39 is 10.0 Å². The molecular weight excluding hydrogens is 292 g/mol. The van der Waals surface area contributed by atoms with Gasteiger partial charge in [-0.3, -0.25) is 4.68 Å². The third kappa shape index (κ3) is 5.29. The second kappa shape index (κ2) is 7.24. The van der Waals surface area contributed by atoms with Crippen LogP contribution in [0.15, 0.2) is 11.1 Å². The molecule has 0 saturated carbocycles. The van der Waals surface area contributed by atoms with Gasteiger partial charge in [0.25, 0.3) is 0 Å². The molecule has 0 fully saturated rings. The van der Waals surface area contributed by atoms with Crippen molar-refractivity contribution < 1.29 is 13.2 Å². The number of anilines is 1. The number of hydrogen-bond donors (Lipinski definition) is 2. The van der Waals surface area contributed by atoms with E-state index in [-0.39, 0.29) is 16.1 Å². The summed E-state index contributed by atoms with van der Waals surface area (Å²) >= 11 is 0. The van der Waals surface area contributed by atoms with Crippen LogP contribution in [-0.2, 0) is 21.3 Å². The van der Waals surface area contributed by atoms with Crippen molar-refractivity contribution in [1.82, 2.24) is 14.5 Å². The molecule has 7 nitrogen and oxygen atoms in total. The second-order valence-electron chi connectivity index (χ2n) is 5.87. The average molecular weight is 318 g/mol. The maximum Gasteiger partial charge on any atom is 0.245 e. The monoisotopic (exact) mass is 318 g/mol. The van der Waals surface area contributed by atoms with Gasteiger partial charge in [0.1, 0.15) is 4.90 Å². The number of methoxy groups -OCH3 is 1. The van der Waals surface area contributed by atoms with Crippen molar-refractivity contribution in [2.45, 2.75) is 45.1 Å². The van der Waals surface area contributed by atoms with Crippen molar-refractivity contribution in [1.29, 1.82) is 0 Å². The van der Waals surface area contributed by atoms with Gasteiger partial charge in [-0.25, -0.2) is 13.1 Å². The highest BCUT2D eigenvalue weighted by molar-refractivity contribution is 7.89. The number of nitrogens with two attached hydrogens (primary N) is 1. The predicted molar refractivity (Wildman–Crippen MR) is 82.4 cm³/mol. The maximum atomic E-state index is 12.3. The Balaban J connectivity index is 2.77. The molecule has 1 aromatic rings. The first-order chi connectivity index (χ1) is 9.72. The number of hydrogen-bond acceptors (Lipinski definition) is 5. The zero-order valence-electron chi connectivity index (χ0n) is 13.2. The molecule has 0 spiro atoms. The van der Waals surface area contributed by atoms with Gasteiger partial charge in [-0.05, 0) is 18.3 Å². The summed E-state index contributed by atoms with van der Waals surface area (Å²) in [6, 6.07) is 0. The van der Waals surface area contributed by atoms with E-state index in [1.165, 1.54) is 6.20 Å². The van der Waals surface area contributed by atoms with Crippen molar-refractivity contribution >= 4 is 15.8 Å². The predicted octanol–water partition coefficient (Wildman–Crippen LogP) is 1.22. The Kier molecular flexibility index (Phi) is 6.18. The van der Waals surface area contributed by atoms with Crippen LogP contribution in [-0.4, -0.2) is 38.5 Å². The topological polar surface area (TPSA) is 99.2 Å². The number of ether oxygens (including phenoxy) is 1. The molecule has 1 aromatic heterocycles. The fourth-order valence-electron chi connectivity index (χ4n) is 1.80. The van der Waals surface area contributed by atoms with Gasteiger partial charge in [-0.1, -0.05) is 20.8 Å². The molecule has 0 unspecified atom stereocenters. The smallest absolute Gasteiger partial charge is 0.245 e. The number of rotatable bonds is 9. The molecule has 21 heavy (non-hydrogen) atoms. The van der Waals surface area contributed by atoms with E-state index in [0.717, 1.165) is 12.8 Å². The molecule has 0 aliphatic carbocycles. The Morgan fingerprint density at radius 2 is 2.14 bits per heavy atom. The molecule has 8 heteroatoms. The minimum atomic E-state index is -3.65. The van der Waals surface area contributed by atoms with Crippen molar-refractivity contribution in [2.24, 2.45) is 5.41 Å². The molecule has 1 rings (SSSR count). The van der Waals surface area contributed by atoms with Gasteiger partial charge >= 0.3 is 0 Å². The molecule has 0 bridgehead atoms. The third-order valence-corrected chi connectivity index (χ3v) is 4.64. The Labute approximate surface area is 126 Å². The van der Waals surface area contributed by atoms with Crippen LogP contribution in [0.5, 0.6) is 0 Å². The van der Waals surface area contributed by atoms with E-state index in [1.807, 2.05) is 20.8 Å². The quantitative estimate of drug-likeness (QED) is 0.713. The lowest BCUT2D eigenvalue weighted by molar-refractivity contribution is 0.153. The van der Waals surface area contributed by atoms with Crippen LogP contribution in [0.3, 0.4) is 0 Å². The second-order valence-corrected chi connectivity index (χ2v) is 7.61. The minimum absolute atomic E-state index is 0.0330. The summed E-state index contributed by atoms with van der Waals surface area (Å²) in [4.78, 5) is 0.0403. The lowest BCUT2D eigenvalue weighted by Crippen LogP contribution is -2.34. The summed E-state index contributed by atoms with van der Waals surface area (Å²) in [5, 5.41) is 4.02. The number of nitrogens with zero attached hydrogens (tertiary/aromatic N) is 2. The van der Waals surface area contributed by atoms with E-state index in [0.29, 0.717) is 19.7 Å². The molecule has 0 radical (unpaired) electrons.